The van der Waals surface area contributed by atoms with Crippen LogP contribution < -0.4 is 10.9 Å². The Morgan fingerprint density at radius 3 is 2.84 bits per heavy atom. The van der Waals surface area contributed by atoms with E-state index in [1.165, 1.54) is 5.56 Å². The Labute approximate surface area is 111 Å². The Bertz CT molecular complexity index is 619. The van der Waals surface area contributed by atoms with E-state index in [1.54, 1.807) is 0 Å². The van der Waals surface area contributed by atoms with E-state index in [-0.39, 0.29) is 5.56 Å². The lowest BCUT2D eigenvalue weighted by atomic mass is 10.1. The minimum Gasteiger partial charge on any atom is -0.370 e. The molecule has 0 unspecified atom stereocenters. The largest absolute Gasteiger partial charge is 0.370 e. The first-order valence-electron chi connectivity index (χ1n) is 6.73. The molecule has 2 N–H and O–H groups in total. The first-order valence-corrected chi connectivity index (χ1v) is 6.73. The van der Waals surface area contributed by atoms with Crippen LogP contribution in [0.4, 0.5) is 5.82 Å². The van der Waals surface area contributed by atoms with Crippen molar-refractivity contribution in [3.05, 3.63) is 57.6 Å². The topological polar surface area (TPSA) is 57.8 Å². The van der Waals surface area contributed by atoms with Gasteiger partial charge in [0.25, 0.3) is 5.56 Å². The molecule has 4 heteroatoms. The number of nitrogens with one attached hydrogen (secondary N) is 2. The smallest absolute Gasteiger partial charge is 0.256 e. The van der Waals surface area contributed by atoms with Crippen molar-refractivity contribution in [2.45, 2.75) is 25.7 Å². The molecule has 1 aromatic carbocycles. The van der Waals surface area contributed by atoms with Gasteiger partial charge in [0.2, 0.25) is 0 Å². The number of anilines is 1. The lowest BCUT2D eigenvalue weighted by molar-refractivity contribution is 0.768. The first kappa shape index (κ1) is 12.0. The molecule has 4 nitrogen and oxygen atoms in total. The van der Waals surface area contributed by atoms with Crippen molar-refractivity contribution in [3.63, 3.8) is 0 Å². The molecular formula is C15H17N3O. The second kappa shape index (κ2) is 5.26. The van der Waals surface area contributed by atoms with Crippen molar-refractivity contribution >= 4 is 5.82 Å². The third-order valence-corrected chi connectivity index (χ3v) is 3.45. The van der Waals surface area contributed by atoms with Crippen molar-refractivity contribution in [2.75, 3.05) is 11.9 Å². The fourth-order valence-corrected chi connectivity index (χ4v) is 2.42. The highest BCUT2D eigenvalue weighted by Crippen LogP contribution is 2.15. The zero-order chi connectivity index (χ0) is 13.1. The molecule has 0 saturated carbocycles. The summed E-state index contributed by atoms with van der Waals surface area (Å²) in [6.45, 7) is 0.904. The number of H-pyrrole nitrogens is 1. The van der Waals surface area contributed by atoms with Gasteiger partial charge in [0, 0.05) is 13.0 Å². The van der Waals surface area contributed by atoms with E-state index >= 15 is 0 Å². The van der Waals surface area contributed by atoms with Gasteiger partial charge >= 0.3 is 0 Å². The van der Waals surface area contributed by atoms with Crippen LogP contribution in [0.15, 0.2) is 35.1 Å². The van der Waals surface area contributed by atoms with Crippen LogP contribution in [0.1, 0.15) is 23.4 Å². The Balaban J connectivity index is 1.78. The predicted octanol–water partition coefficient (Wildman–Crippen LogP) is 1.91. The number of benzene rings is 1. The van der Waals surface area contributed by atoms with Crippen LogP contribution >= 0.6 is 0 Å². The van der Waals surface area contributed by atoms with Crippen LogP contribution in [0, 0.1) is 0 Å². The summed E-state index contributed by atoms with van der Waals surface area (Å²) >= 11 is 0. The maximum atomic E-state index is 12.0. The lowest BCUT2D eigenvalue weighted by Crippen LogP contribution is -2.25. The monoisotopic (exact) mass is 255 g/mol. The number of hydrogen-bond donors (Lipinski definition) is 2. The summed E-state index contributed by atoms with van der Waals surface area (Å²) in [5, 5.41) is 3.21. The fraction of sp³-hybridized carbons (Fsp3) is 0.333. The number of rotatable bonds is 3. The van der Waals surface area contributed by atoms with Gasteiger partial charge in [-0.1, -0.05) is 30.3 Å². The molecule has 0 fully saturated rings. The van der Waals surface area contributed by atoms with Gasteiger partial charge in [-0.25, -0.2) is 4.98 Å². The standard InChI is InChI=1S/C15H17N3O/c19-15-12-7-4-10-16-14(12)17-13(18-15)9-8-11-5-2-1-3-6-11/h1-3,5-6H,4,7-10H2,(H2,16,17,18,19). The van der Waals surface area contributed by atoms with Crippen molar-refractivity contribution in [1.82, 2.24) is 9.97 Å². The molecule has 0 amide bonds. The SMILES string of the molecule is O=c1[nH]c(CCc2ccccc2)nc2c1CCCN2. The number of hydrogen-bond acceptors (Lipinski definition) is 3. The van der Waals surface area contributed by atoms with Gasteiger partial charge in [0.15, 0.2) is 0 Å². The summed E-state index contributed by atoms with van der Waals surface area (Å²) < 4.78 is 0. The minimum absolute atomic E-state index is 0.0141. The van der Waals surface area contributed by atoms with E-state index in [1.807, 2.05) is 18.2 Å². The molecule has 19 heavy (non-hydrogen) atoms. The summed E-state index contributed by atoms with van der Waals surface area (Å²) in [4.78, 5) is 19.4. The average molecular weight is 255 g/mol. The lowest BCUT2D eigenvalue weighted by Gasteiger charge is -2.16. The van der Waals surface area contributed by atoms with Crippen LogP contribution in [0.3, 0.4) is 0 Å². The molecule has 0 radical (unpaired) electrons. The number of aromatic nitrogens is 2. The van der Waals surface area contributed by atoms with Crippen LogP contribution in [0.5, 0.6) is 0 Å². The summed E-state index contributed by atoms with van der Waals surface area (Å²) in [5.41, 5.74) is 2.07. The summed E-state index contributed by atoms with van der Waals surface area (Å²) in [5.74, 6) is 1.54. The van der Waals surface area contributed by atoms with Crippen molar-refractivity contribution in [2.24, 2.45) is 0 Å². The van der Waals surface area contributed by atoms with Crippen molar-refractivity contribution in [1.29, 1.82) is 0 Å². The van der Waals surface area contributed by atoms with Gasteiger partial charge in [-0.3, -0.25) is 4.79 Å². The van der Waals surface area contributed by atoms with Crippen LogP contribution in [0.25, 0.3) is 0 Å². The van der Waals surface area contributed by atoms with Gasteiger partial charge in [0.1, 0.15) is 11.6 Å². The van der Waals surface area contributed by atoms with Crippen LogP contribution in [0.2, 0.25) is 0 Å². The number of aryl methyl sites for hydroxylation is 2. The van der Waals surface area contributed by atoms with Gasteiger partial charge in [-0.15, -0.1) is 0 Å². The van der Waals surface area contributed by atoms with Gasteiger partial charge in [-0.2, -0.15) is 0 Å². The molecule has 0 aliphatic carbocycles. The summed E-state index contributed by atoms with van der Waals surface area (Å²) in [7, 11) is 0. The van der Waals surface area contributed by atoms with E-state index < -0.39 is 0 Å². The van der Waals surface area contributed by atoms with E-state index in [9.17, 15) is 4.79 Å². The van der Waals surface area contributed by atoms with Crippen LogP contribution in [-0.2, 0) is 19.3 Å². The fourth-order valence-electron chi connectivity index (χ4n) is 2.42. The third kappa shape index (κ3) is 2.67. The minimum atomic E-state index is 0.0141. The Morgan fingerprint density at radius 1 is 1.16 bits per heavy atom. The van der Waals surface area contributed by atoms with Gasteiger partial charge in [-0.05, 0) is 24.8 Å². The van der Waals surface area contributed by atoms with Crippen molar-refractivity contribution in [3.8, 4) is 0 Å². The zero-order valence-corrected chi connectivity index (χ0v) is 10.8. The van der Waals surface area contributed by atoms with E-state index in [0.717, 1.165) is 49.4 Å². The molecular weight excluding hydrogens is 238 g/mol. The van der Waals surface area contributed by atoms with E-state index in [0.29, 0.717) is 0 Å². The summed E-state index contributed by atoms with van der Waals surface area (Å²) in [6, 6.07) is 10.2. The second-order valence-corrected chi connectivity index (χ2v) is 4.86. The third-order valence-electron chi connectivity index (χ3n) is 3.45. The predicted molar refractivity (Wildman–Crippen MR) is 75.5 cm³/mol. The van der Waals surface area contributed by atoms with Crippen LogP contribution in [-0.4, -0.2) is 16.5 Å². The van der Waals surface area contributed by atoms with Crippen molar-refractivity contribution < 1.29 is 0 Å². The Hall–Kier alpha value is -2.10. The molecule has 0 saturated heterocycles. The summed E-state index contributed by atoms with van der Waals surface area (Å²) in [6.07, 6.45) is 3.47. The highest BCUT2D eigenvalue weighted by molar-refractivity contribution is 5.45. The van der Waals surface area contributed by atoms with E-state index in [2.05, 4.69) is 27.4 Å². The molecule has 1 aromatic heterocycles. The molecule has 98 valence electrons. The second-order valence-electron chi connectivity index (χ2n) is 4.86. The maximum absolute atomic E-state index is 12.0. The average Bonchev–Trinajstić information content (AvgIpc) is 2.46. The molecule has 3 rings (SSSR count). The number of aromatic amines is 1. The molecule has 0 bridgehead atoms. The van der Waals surface area contributed by atoms with E-state index in [4.69, 9.17) is 0 Å². The molecule has 0 atom stereocenters. The zero-order valence-electron chi connectivity index (χ0n) is 10.8. The van der Waals surface area contributed by atoms with Gasteiger partial charge < -0.3 is 10.3 Å². The number of fused-ring (bicyclic) bond motifs is 1. The molecule has 2 aromatic rings. The quantitative estimate of drug-likeness (QED) is 0.881. The highest BCUT2D eigenvalue weighted by atomic mass is 16.1. The first-order chi connectivity index (χ1) is 9.33. The van der Waals surface area contributed by atoms with Gasteiger partial charge in [0.05, 0.1) is 5.56 Å². The molecule has 1 aliphatic rings. The Kier molecular flexibility index (Phi) is 3.31. The Morgan fingerprint density at radius 2 is 2.00 bits per heavy atom. The maximum Gasteiger partial charge on any atom is 0.256 e. The molecule has 0 spiro atoms. The molecule has 2 heterocycles. The normalized spacial score (nSPS) is 13.7. The number of nitrogens with zero attached hydrogens (tertiary/aromatic N) is 1. The molecule has 1 aliphatic heterocycles. The highest BCUT2D eigenvalue weighted by Gasteiger charge is 2.14.